The summed E-state index contributed by atoms with van der Waals surface area (Å²) in [5.41, 5.74) is 13.8. The number of nitrogens with zero attached hydrogens (tertiary/aromatic N) is 3. The van der Waals surface area contributed by atoms with Crippen LogP contribution in [-0.4, -0.2) is 15.5 Å². The van der Waals surface area contributed by atoms with Crippen molar-refractivity contribution in [2.24, 2.45) is 0 Å². The fourth-order valence-corrected chi connectivity index (χ4v) is 2.24. The zero-order chi connectivity index (χ0) is 14.5. The smallest absolute Gasteiger partial charge is 0.329 e. The molecule has 0 aliphatic carbocycles. The van der Waals surface area contributed by atoms with Gasteiger partial charge in [-0.1, -0.05) is 42.5 Å². The Bertz CT molecular complexity index is 772. The molecule has 0 unspecified atom stereocenters. The maximum Gasteiger partial charge on any atom is 0.329 e. The minimum atomic E-state index is 0.539. The molecule has 0 atom stereocenters. The lowest BCUT2D eigenvalue weighted by atomic mass is 9.99. The number of pyridine rings is 1. The van der Waals surface area contributed by atoms with Crippen LogP contribution in [0.1, 0.15) is 11.1 Å². The molecule has 3 aromatic rings. The molecule has 0 amide bonds. The third-order valence-electron chi connectivity index (χ3n) is 3.32. The minimum absolute atomic E-state index is 0.539. The zero-order valence-electron chi connectivity index (χ0n) is 11.3. The summed E-state index contributed by atoms with van der Waals surface area (Å²) in [5.74, 6) is 0. The number of hydrogen-bond acceptors (Lipinski definition) is 1. The summed E-state index contributed by atoms with van der Waals surface area (Å²) in [6.07, 6.45) is 3.36. The molecule has 0 fully saturated rings. The number of aromatic nitrogens is 1. The van der Waals surface area contributed by atoms with E-state index in [4.69, 9.17) is 0 Å². The first-order valence-electron chi connectivity index (χ1n) is 6.67. The second-order valence-electron chi connectivity index (χ2n) is 4.63. The Labute approximate surface area is 123 Å². The quantitative estimate of drug-likeness (QED) is 0.406. The summed E-state index contributed by atoms with van der Waals surface area (Å²) >= 11 is 0. The molecule has 1 heterocycles. The van der Waals surface area contributed by atoms with Crippen molar-refractivity contribution in [1.29, 1.82) is 0 Å². The molecule has 0 aliphatic heterocycles. The second kappa shape index (κ2) is 5.95. The van der Waals surface area contributed by atoms with E-state index in [1.165, 1.54) is 0 Å². The molecule has 3 rings (SSSR count). The summed E-state index contributed by atoms with van der Waals surface area (Å²) in [7, 11) is 0. The molecule has 0 saturated heterocycles. The van der Waals surface area contributed by atoms with Crippen LogP contribution in [0.25, 0.3) is 16.7 Å². The molecule has 0 bridgehead atoms. The highest BCUT2D eigenvalue weighted by Gasteiger charge is 2.14. The van der Waals surface area contributed by atoms with Gasteiger partial charge in [-0.25, -0.2) is 0 Å². The maximum absolute atomic E-state index is 9.29. The fourth-order valence-electron chi connectivity index (χ4n) is 2.24. The SMILES string of the molecule is [N-]=[N+]=C(c1ccncc1)c1ccc(-c2ccccc2)cc1. The van der Waals surface area contributed by atoms with Gasteiger partial charge in [0, 0.05) is 12.4 Å². The predicted octanol–water partition coefficient (Wildman–Crippen LogP) is 3.82. The molecule has 0 N–H and O–H groups in total. The van der Waals surface area contributed by atoms with Gasteiger partial charge in [-0.15, -0.1) is 0 Å². The first kappa shape index (κ1) is 13.0. The van der Waals surface area contributed by atoms with Gasteiger partial charge in [0.1, 0.15) is 0 Å². The first-order chi connectivity index (χ1) is 10.4. The van der Waals surface area contributed by atoms with Gasteiger partial charge in [0.2, 0.25) is 0 Å². The van der Waals surface area contributed by atoms with Crippen LogP contribution in [0.5, 0.6) is 0 Å². The molecule has 0 spiro atoms. The normalized spacial score (nSPS) is 9.90. The van der Waals surface area contributed by atoms with Gasteiger partial charge >= 0.3 is 5.71 Å². The summed E-state index contributed by atoms with van der Waals surface area (Å²) in [4.78, 5) is 7.39. The van der Waals surface area contributed by atoms with Gasteiger partial charge in [0.05, 0.1) is 11.1 Å². The van der Waals surface area contributed by atoms with E-state index >= 15 is 0 Å². The summed E-state index contributed by atoms with van der Waals surface area (Å²) in [6.45, 7) is 0. The van der Waals surface area contributed by atoms with Crippen molar-refractivity contribution in [3.63, 3.8) is 0 Å². The van der Waals surface area contributed by atoms with Crippen LogP contribution in [-0.2, 0) is 0 Å². The van der Waals surface area contributed by atoms with Crippen molar-refractivity contribution in [3.8, 4) is 11.1 Å². The fraction of sp³-hybridized carbons (Fsp3) is 0. The van der Waals surface area contributed by atoms with E-state index in [-0.39, 0.29) is 0 Å². The molecule has 3 nitrogen and oxygen atoms in total. The first-order valence-corrected chi connectivity index (χ1v) is 6.67. The largest absolute Gasteiger partial charge is 0.361 e. The Balaban J connectivity index is 1.96. The predicted molar refractivity (Wildman–Crippen MR) is 82.9 cm³/mol. The van der Waals surface area contributed by atoms with E-state index in [9.17, 15) is 5.53 Å². The summed E-state index contributed by atoms with van der Waals surface area (Å²) < 4.78 is 0. The van der Waals surface area contributed by atoms with Gasteiger partial charge in [-0.3, -0.25) is 4.98 Å². The van der Waals surface area contributed by atoms with Gasteiger partial charge in [0.25, 0.3) is 0 Å². The van der Waals surface area contributed by atoms with Crippen LogP contribution >= 0.6 is 0 Å². The van der Waals surface area contributed by atoms with Crippen LogP contribution in [0.4, 0.5) is 0 Å². The standard InChI is InChI=1S/C18H13N3/c19-21-18(17-10-12-20-13-11-17)16-8-6-15(7-9-16)14-4-2-1-3-5-14/h1-13H. The lowest BCUT2D eigenvalue weighted by Crippen LogP contribution is -2.04. The number of rotatable bonds is 3. The molecule has 21 heavy (non-hydrogen) atoms. The van der Waals surface area contributed by atoms with E-state index in [0.29, 0.717) is 5.71 Å². The van der Waals surface area contributed by atoms with Crippen molar-refractivity contribution in [2.45, 2.75) is 0 Å². The Hall–Kier alpha value is -3.03. The van der Waals surface area contributed by atoms with Gasteiger partial charge in [-0.2, -0.15) is 4.79 Å². The van der Waals surface area contributed by atoms with E-state index in [1.54, 1.807) is 12.4 Å². The highest BCUT2D eigenvalue weighted by atomic mass is 14.9. The van der Waals surface area contributed by atoms with E-state index in [2.05, 4.69) is 21.9 Å². The van der Waals surface area contributed by atoms with Gasteiger partial charge in [-0.05, 0) is 35.4 Å². The zero-order valence-corrected chi connectivity index (χ0v) is 11.3. The molecule has 3 heteroatoms. The van der Waals surface area contributed by atoms with Crippen LogP contribution in [0, 0.1) is 0 Å². The Morgan fingerprint density at radius 2 is 1.29 bits per heavy atom. The van der Waals surface area contributed by atoms with Crippen molar-refractivity contribution in [2.75, 3.05) is 0 Å². The lowest BCUT2D eigenvalue weighted by molar-refractivity contribution is -0.00279. The average Bonchev–Trinajstić information content (AvgIpc) is 2.58. The van der Waals surface area contributed by atoms with Crippen LogP contribution in [0.15, 0.2) is 79.1 Å². The van der Waals surface area contributed by atoms with Crippen molar-refractivity contribution >= 4 is 5.71 Å². The molecular weight excluding hydrogens is 258 g/mol. The molecule has 2 aromatic carbocycles. The molecule has 0 saturated carbocycles. The Kier molecular flexibility index (Phi) is 3.68. The Morgan fingerprint density at radius 3 is 1.90 bits per heavy atom. The van der Waals surface area contributed by atoms with Crippen LogP contribution in [0.2, 0.25) is 0 Å². The maximum atomic E-state index is 9.29. The minimum Gasteiger partial charge on any atom is -0.361 e. The number of benzene rings is 2. The van der Waals surface area contributed by atoms with E-state index in [0.717, 1.165) is 22.3 Å². The average molecular weight is 271 g/mol. The molecule has 1 aromatic heterocycles. The van der Waals surface area contributed by atoms with Crippen LogP contribution < -0.4 is 0 Å². The topological polar surface area (TPSA) is 49.3 Å². The lowest BCUT2D eigenvalue weighted by Gasteiger charge is -2.02. The van der Waals surface area contributed by atoms with Gasteiger partial charge < -0.3 is 5.53 Å². The molecule has 0 aliphatic rings. The van der Waals surface area contributed by atoms with E-state index < -0.39 is 0 Å². The van der Waals surface area contributed by atoms with Crippen LogP contribution in [0.3, 0.4) is 0 Å². The molecular formula is C18H13N3. The van der Waals surface area contributed by atoms with Crippen molar-refractivity contribution in [1.82, 2.24) is 4.98 Å². The summed E-state index contributed by atoms with van der Waals surface area (Å²) in [6, 6.07) is 21.8. The second-order valence-corrected chi connectivity index (χ2v) is 4.63. The highest BCUT2D eigenvalue weighted by molar-refractivity contribution is 6.09. The number of hydrogen-bond donors (Lipinski definition) is 0. The van der Waals surface area contributed by atoms with Crippen molar-refractivity contribution in [3.05, 3.63) is 95.8 Å². The molecule has 0 radical (unpaired) electrons. The van der Waals surface area contributed by atoms with Gasteiger partial charge in [0.15, 0.2) is 0 Å². The third-order valence-corrected chi connectivity index (χ3v) is 3.32. The van der Waals surface area contributed by atoms with E-state index in [1.807, 2.05) is 54.6 Å². The Morgan fingerprint density at radius 1 is 0.714 bits per heavy atom. The molecule has 100 valence electrons. The van der Waals surface area contributed by atoms with Crippen molar-refractivity contribution < 1.29 is 4.79 Å². The third kappa shape index (κ3) is 2.78. The monoisotopic (exact) mass is 271 g/mol. The summed E-state index contributed by atoms with van der Waals surface area (Å²) in [5, 5.41) is 0. The highest BCUT2D eigenvalue weighted by Crippen LogP contribution is 2.20.